The van der Waals surface area contributed by atoms with Crippen LogP contribution >= 0.6 is 0 Å². The topological polar surface area (TPSA) is 55.1 Å². The van der Waals surface area contributed by atoms with Gasteiger partial charge in [0.05, 0.1) is 6.04 Å². The summed E-state index contributed by atoms with van der Waals surface area (Å²) in [6, 6.07) is -0.549. The summed E-state index contributed by atoms with van der Waals surface area (Å²) in [7, 11) is 0. The molecule has 3 nitrogen and oxygen atoms in total. The molecule has 0 spiro atoms. The van der Waals surface area contributed by atoms with Crippen molar-refractivity contribution in [2.75, 3.05) is 6.54 Å². The molecule has 84 valence electrons. The molecule has 15 heavy (non-hydrogen) atoms. The standard InChI is InChI=1S/C12H20N2O/c1-3-5-10(13)11(15)14-9-12(6-4-2)7-8-12/h1,10H,4-9,13H2,2H3,(H,14,15). The Morgan fingerprint density at radius 1 is 1.67 bits per heavy atom. The van der Waals surface area contributed by atoms with Gasteiger partial charge in [0, 0.05) is 13.0 Å². The lowest BCUT2D eigenvalue weighted by Crippen LogP contribution is -2.42. The van der Waals surface area contributed by atoms with Crippen molar-refractivity contribution in [2.45, 2.75) is 45.1 Å². The third-order valence-corrected chi connectivity index (χ3v) is 3.05. The normalized spacial score (nSPS) is 19.0. The van der Waals surface area contributed by atoms with Crippen molar-refractivity contribution < 1.29 is 4.79 Å². The van der Waals surface area contributed by atoms with E-state index in [4.69, 9.17) is 12.2 Å². The van der Waals surface area contributed by atoms with Gasteiger partial charge < -0.3 is 11.1 Å². The fraction of sp³-hybridized carbons (Fsp3) is 0.750. The van der Waals surface area contributed by atoms with Gasteiger partial charge in [0.2, 0.25) is 5.91 Å². The molecule has 0 aromatic rings. The zero-order valence-electron chi connectivity index (χ0n) is 9.38. The van der Waals surface area contributed by atoms with Crippen LogP contribution in [0.15, 0.2) is 0 Å². The Morgan fingerprint density at radius 3 is 2.80 bits per heavy atom. The number of carbonyl (C=O) groups is 1. The predicted octanol–water partition coefficient (Wildman–Crippen LogP) is 1.03. The van der Waals surface area contributed by atoms with Crippen LogP contribution in [0.2, 0.25) is 0 Å². The second-order valence-corrected chi connectivity index (χ2v) is 4.48. The maximum atomic E-state index is 11.5. The molecule has 1 fully saturated rings. The number of carbonyl (C=O) groups excluding carboxylic acids is 1. The molecule has 1 saturated carbocycles. The maximum absolute atomic E-state index is 11.5. The largest absolute Gasteiger partial charge is 0.354 e. The summed E-state index contributed by atoms with van der Waals surface area (Å²) >= 11 is 0. The lowest BCUT2D eigenvalue weighted by atomic mass is 10.0. The summed E-state index contributed by atoms with van der Waals surface area (Å²) in [4.78, 5) is 11.5. The summed E-state index contributed by atoms with van der Waals surface area (Å²) in [6.07, 6.45) is 10.2. The lowest BCUT2D eigenvalue weighted by molar-refractivity contribution is -0.122. The third-order valence-electron chi connectivity index (χ3n) is 3.05. The Bertz CT molecular complexity index is 263. The number of nitrogens with one attached hydrogen (secondary N) is 1. The van der Waals surface area contributed by atoms with E-state index in [1.54, 1.807) is 0 Å². The van der Waals surface area contributed by atoms with Crippen LogP contribution in [0.3, 0.4) is 0 Å². The quantitative estimate of drug-likeness (QED) is 0.641. The van der Waals surface area contributed by atoms with Crippen molar-refractivity contribution in [3.63, 3.8) is 0 Å². The van der Waals surface area contributed by atoms with Gasteiger partial charge in [0.25, 0.3) is 0 Å². The van der Waals surface area contributed by atoms with E-state index in [1.165, 1.54) is 25.7 Å². The van der Waals surface area contributed by atoms with Gasteiger partial charge >= 0.3 is 0 Å². The third kappa shape index (κ3) is 3.56. The minimum atomic E-state index is -0.549. The van der Waals surface area contributed by atoms with Crippen LogP contribution in [0.1, 0.15) is 39.0 Å². The SMILES string of the molecule is C#CCC(N)C(=O)NCC1(CCC)CC1. The van der Waals surface area contributed by atoms with Gasteiger partial charge in [-0.2, -0.15) is 0 Å². The predicted molar refractivity (Wildman–Crippen MR) is 61.0 cm³/mol. The van der Waals surface area contributed by atoms with Crippen molar-refractivity contribution in [1.29, 1.82) is 0 Å². The van der Waals surface area contributed by atoms with E-state index in [1.807, 2.05) is 0 Å². The molecule has 1 amide bonds. The first-order valence-electron chi connectivity index (χ1n) is 5.60. The van der Waals surface area contributed by atoms with Crippen LogP contribution in [0.5, 0.6) is 0 Å². The molecule has 0 saturated heterocycles. The lowest BCUT2D eigenvalue weighted by Gasteiger charge is -2.16. The van der Waals surface area contributed by atoms with E-state index < -0.39 is 6.04 Å². The van der Waals surface area contributed by atoms with Crippen LogP contribution in [0, 0.1) is 17.8 Å². The average molecular weight is 208 g/mol. The van der Waals surface area contributed by atoms with E-state index >= 15 is 0 Å². The van der Waals surface area contributed by atoms with Crippen LogP contribution in [-0.4, -0.2) is 18.5 Å². The molecule has 0 aromatic carbocycles. The minimum Gasteiger partial charge on any atom is -0.354 e. The first-order valence-corrected chi connectivity index (χ1v) is 5.60. The Labute approximate surface area is 91.8 Å². The van der Waals surface area contributed by atoms with Crippen molar-refractivity contribution in [2.24, 2.45) is 11.1 Å². The number of terminal acetylenes is 1. The Balaban J connectivity index is 2.25. The molecule has 3 N–H and O–H groups in total. The second-order valence-electron chi connectivity index (χ2n) is 4.48. The fourth-order valence-electron chi connectivity index (χ4n) is 1.85. The molecular formula is C12H20N2O. The summed E-state index contributed by atoms with van der Waals surface area (Å²) in [5.74, 6) is 2.29. The molecular weight excluding hydrogens is 188 g/mol. The second kappa shape index (κ2) is 5.18. The van der Waals surface area contributed by atoms with Crippen LogP contribution in [0.4, 0.5) is 0 Å². The number of hydrogen-bond donors (Lipinski definition) is 2. The molecule has 0 aromatic heterocycles. The zero-order chi connectivity index (χ0) is 11.3. The van der Waals surface area contributed by atoms with Gasteiger partial charge in [-0.15, -0.1) is 12.3 Å². The first kappa shape index (κ1) is 12.1. The molecule has 1 aliphatic rings. The molecule has 3 heteroatoms. The van der Waals surface area contributed by atoms with Gasteiger partial charge in [0.1, 0.15) is 0 Å². The molecule has 0 aliphatic heterocycles. The van der Waals surface area contributed by atoms with Crippen LogP contribution in [0.25, 0.3) is 0 Å². The number of amides is 1. The van der Waals surface area contributed by atoms with Gasteiger partial charge in [-0.1, -0.05) is 13.3 Å². The fourth-order valence-corrected chi connectivity index (χ4v) is 1.85. The number of nitrogens with two attached hydrogens (primary N) is 1. The molecule has 1 rings (SSSR count). The van der Waals surface area contributed by atoms with Crippen LogP contribution < -0.4 is 11.1 Å². The molecule has 1 atom stereocenters. The van der Waals surface area contributed by atoms with Crippen molar-refractivity contribution in [1.82, 2.24) is 5.32 Å². The molecule has 0 heterocycles. The van der Waals surface area contributed by atoms with E-state index in [0.29, 0.717) is 11.8 Å². The molecule has 0 radical (unpaired) electrons. The maximum Gasteiger partial charge on any atom is 0.237 e. The summed E-state index contributed by atoms with van der Waals surface area (Å²) in [5.41, 5.74) is 5.97. The van der Waals surface area contributed by atoms with E-state index in [0.717, 1.165) is 6.54 Å². The van der Waals surface area contributed by atoms with Crippen LogP contribution in [-0.2, 0) is 4.79 Å². The highest BCUT2D eigenvalue weighted by Crippen LogP contribution is 2.48. The minimum absolute atomic E-state index is 0.115. The molecule has 0 bridgehead atoms. The number of hydrogen-bond acceptors (Lipinski definition) is 2. The Morgan fingerprint density at radius 2 is 2.33 bits per heavy atom. The van der Waals surface area contributed by atoms with E-state index in [-0.39, 0.29) is 5.91 Å². The Hall–Kier alpha value is -1.01. The highest BCUT2D eigenvalue weighted by Gasteiger charge is 2.41. The Kier molecular flexibility index (Phi) is 4.16. The first-order chi connectivity index (χ1) is 7.13. The highest BCUT2D eigenvalue weighted by molar-refractivity contribution is 5.81. The smallest absolute Gasteiger partial charge is 0.237 e. The zero-order valence-corrected chi connectivity index (χ0v) is 9.38. The monoisotopic (exact) mass is 208 g/mol. The van der Waals surface area contributed by atoms with Crippen molar-refractivity contribution in [3.8, 4) is 12.3 Å². The van der Waals surface area contributed by atoms with E-state index in [2.05, 4.69) is 18.2 Å². The number of rotatable bonds is 6. The van der Waals surface area contributed by atoms with Gasteiger partial charge in [-0.05, 0) is 24.7 Å². The van der Waals surface area contributed by atoms with Crippen molar-refractivity contribution in [3.05, 3.63) is 0 Å². The highest BCUT2D eigenvalue weighted by atomic mass is 16.2. The molecule has 1 aliphatic carbocycles. The van der Waals surface area contributed by atoms with Gasteiger partial charge in [0.15, 0.2) is 0 Å². The van der Waals surface area contributed by atoms with Gasteiger partial charge in [-0.25, -0.2) is 0 Å². The van der Waals surface area contributed by atoms with E-state index in [9.17, 15) is 4.79 Å². The molecule has 1 unspecified atom stereocenters. The summed E-state index contributed by atoms with van der Waals surface area (Å²) in [6.45, 7) is 2.93. The van der Waals surface area contributed by atoms with Crippen molar-refractivity contribution >= 4 is 5.91 Å². The van der Waals surface area contributed by atoms with Gasteiger partial charge in [-0.3, -0.25) is 4.79 Å². The summed E-state index contributed by atoms with van der Waals surface area (Å²) in [5, 5.41) is 2.90. The summed E-state index contributed by atoms with van der Waals surface area (Å²) < 4.78 is 0. The average Bonchev–Trinajstić information content (AvgIpc) is 2.96.